The Bertz CT molecular complexity index is 377. The molecule has 2 N–H and O–H groups in total. The van der Waals surface area contributed by atoms with Crippen LogP contribution >= 0.6 is 0 Å². The second-order valence-electron chi connectivity index (χ2n) is 3.94. The van der Waals surface area contributed by atoms with Crippen LogP contribution in [0, 0.1) is 0 Å². The van der Waals surface area contributed by atoms with Crippen LogP contribution in [0.3, 0.4) is 0 Å². The molecule has 1 aromatic rings. The molecule has 0 aliphatic carbocycles. The van der Waals surface area contributed by atoms with Crippen molar-refractivity contribution in [3.8, 4) is 5.75 Å². The van der Waals surface area contributed by atoms with Crippen LogP contribution in [-0.2, 0) is 6.18 Å². The highest BCUT2D eigenvalue weighted by atomic mass is 19.4. The summed E-state index contributed by atoms with van der Waals surface area (Å²) in [6, 6.07) is 3.97. The fourth-order valence-corrected chi connectivity index (χ4v) is 1.67. The molecule has 0 bridgehead atoms. The maximum absolute atomic E-state index is 12.6. The summed E-state index contributed by atoms with van der Waals surface area (Å²) in [5.41, 5.74) is 5.48. The van der Waals surface area contributed by atoms with Gasteiger partial charge in [-0.3, -0.25) is 0 Å². The van der Waals surface area contributed by atoms with Crippen LogP contribution in [0.4, 0.5) is 13.2 Å². The van der Waals surface area contributed by atoms with Crippen LogP contribution < -0.4 is 10.5 Å². The van der Waals surface area contributed by atoms with Crippen molar-refractivity contribution in [3.05, 3.63) is 29.3 Å². The first kappa shape index (κ1) is 13.8. The molecule has 0 fully saturated rings. The van der Waals surface area contributed by atoms with Gasteiger partial charge in [0, 0.05) is 0 Å². The first-order chi connectivity index (χ1) is 7.90. The van der Waals surface area contributed by atoms with Crippen molar-refractivity contribution in [2.45, 2.75) is 25.4 Å². The summed E-state index contributed by atoms with van der Waals surface area (Å²) in [5.74, 6) is -0.0185. The Morgan fingerprint density at radius 2 is 2.00 bits per heavy atom. The third-order valence-electron chi connectivity index (χ3n) is 2.70. The van der Waals surface area contributed by atoms with Crippen molar-refractivity contribution >= 4 is 0 Å². The van der Waals surface area contributed by atoms with Crippen LogP contribution in [0.2, 0.25) is 0 Å². The van der Waals surface area contributed by atoms with Crippen molar-refractivity contribution in [1.29, 1.82) is 0 Å². The van der Waals surface area contributed by atoms with E-state index >= 15 is 0 Å². The van der Waals surface area contributed by atoms with Crippen molar-refractivity contribution < 1.29 is 17.9 Å². The molecule has 17 heavy (non-hydrogen) atoms. The van der Waals surface area contributed by atoms with E-state index in [0.29, 0.717) is 6.54 Å². The van der Waals surface area contributed by atoms with Gasteiger partial charge in [0.2, 0.25) is 0 Å². The fraction of sp³-hybridized carbons (Fsp3) is 0.500. The van der Waals surface area contributed by atoms with E-state index in [2.05, 4.69) is 0 Å². The standard InChI is InChI=1S/C12H16F3NO/c1-8(5-6-16)9-3-4-10(12(13,14)15)11(7-9)17-2/h3-4,7-8H,5-6,16H2,1-2H3. The molecule has 0 aromatic heterocycles. The summed E-state index contributed by atoms with van der Waals surface area (Å²) in [7, 11) is 1.24. The Morgan fingerprint density at radius 3 is 2.47 bits per heavy atom. The van der Waals surface area contributed by atoms with Gasteiger partial charge in [0.25, 0.3) is 0 Å². The predicted molar refractivity (Wildman–Crippen MR) is 60.1 cm³/mol. The molecule has 2 nitrogen and oxygen atoms in total. The molecule has 0 amide bonds. The molecule has 0 saturated heterocycles. The van der Waals surface area contributed by atoms with Gasteiger partial charge < -0.3 is 10.5 Å². The summed E-state index contributed by atoms with van der Waals surface area (Å²) in [5, 5.41) is 0. The van der Waals surface area contributed by atoms with Crippen molar-refractivity contribution in [1.82, 2.24) is 0 Å². The van der Waals surface area contributed by atoms with Crippen LogP contribution in [0.15, 0.2) is 18.2 Å². The third kappa shape index (κ3) is 3.36. The lowest BCUT2D eigenvalue weighted by molar-refractivity contribution is -0.138. The van der Waals surface area contributed by atoms with Gasteiger partial charge in [0.15, 0.2) is 0 Å². The highest BCUT2D eigenvalue weighted by Crippen LogP contribution is 2.37. The largest absolute Gasteiger partial charge is 0.496 e. The Hall–Kier alpha value is -1.23. The maximum Gasteiger partial charge on any atom is 0.419 e. The molecular weight excluding hydrogens is 231 g/mol. The van der Waals surface area contributed by atoms with E-state index in [1.54, 1.807) is 0 Å². The lowest BCUT2D eigenvalue weighted by Crippen LogP contribution is -2.09. The molecule has 0 saturated carbocycles. The molecule has 5 heteroatoms. The fourth-order valence-electron chi connectivity index (χ4n) is 1.67. The number of ether oxygens (including phenoxy) is 1. The minimum Gasteiger partial charge on any atom is -0.496 e. The molecule has 0 aliphatic heterocycles. The summed E-state index contributed by atoms with van der Waals surface area (Å²) in [4.78, 5) is 0. The molecule has 0 radical (unpaired) electrons. The number of methoxy groups -OCH3 is 1. The highest BCUT2D eigenvalue weighted by molar-refractivity contribution is 5.40. The average molecular weight is 247 g/mol. The number of rotatable bonds is 4. The minimum atomic E-state index is -4.39. The number of hydrogen-bond acceptors (Lipinski definition) is 2. The van der Waals surface area contributed by atoms with Crippen LogP contribution in [-0.4, -0.2) is 13.7 Å². The second kappa shape index (κ2) is 5.40. The highest BCUT2D eigenvalue weighted by Gasteiger charge is 2.34. The molecule has 1 aromatic carbocycles. The number of nitrogens with two attached hydrogens (primary N) is 1. The molecule has 1 unspecified atom stereocenters. The van der Waals surface area contributed by atoms with E-state index in [1.165, 1.54) is 19.2 Å². The minimum absolute atomic E-state index is 0.121. The van der Waals surface area contributed by atoms with Gasteiger partial charge in [-0.2, -0.15) is 13.2 Å². The molecule has 0 aliphatic rings. The topological polar surface area (TPSA) is 35.2 Å². The lowest BCUT2D eigenvalue weighted by Gasteiger charge is -2.16. The van der Waals surface area contributed by atoms with E-state index in [9.17, 15) is 13.2 Å². The van der Waals surface area contributed by atoms with Crippen LogP contribution in [0.5, 0.6) is 5.75 Å². The van der Waals surface area contributed by atoms with Crippen molar-refractivity contribution in [2.75, 3.05) is 13.7 Å². The summed E-state index contributed by atoms with van der Waals surface area (Å²) >= 11 is 0. The van der Waals surface area contributed by atoms with Crippen molar-refractivity contribution in [2.24, 2.45) is 5.73 Å². The Balaban J connectivity index is 3.09. The SMILES string of the molecule is COc1cc(C(C)CCN)ccc1C(F)(F)F. The summed E-state index contributed by atoms with van der Waals surface area (Å²) in [6.07, 6.45) is -3.66. The zero-order valence-corrected chi connectivity index (χ0v) is 9.84. The summed E-state index contributed by atoms with van der Waals surface area (Å²) < 4.78 is 42.6. The molecule has 0 heterocycles. The lowest BCUT2D eigenvalue weighted by atomic mass is 9.96. The number of benzene rings is 1. The van der Waals surface area contributed by atoms with Gasteiger partial charge in [-0.1, -0.05) is 13.0 Å². The van der Waals surface area contributed by atoms with Gasteiger partial charge in [0.05, 0.1) is 12.7 Å². The molecule has 96 valence electrons. The molecule has 1 atom stereocenters. The second-order valence-corrected chi connectivity index (χ2v) is 3.94. The number of alkyl halides is 3. The van der Waals surface area contributed by atoms with Gasteiger partial charge >= 0.3 is 6.18 Å². The molecular formula is C12H16F3NO. The summed E-state index contributed by atoms with van der Waals surface area (Å²) in [6.45, 7) is 2.43. The Kier molecular flexibility index (Phi) is 4.40. The van der Waals surface area contributed by atoms with Crippen LogP contribution in [0.25, 0.3) is 0 Å². The number of halogens is 3. The monoisotopic (exact) mass is 247 g/mol. The van der Waals surface area contributed by atoms with E-state index in [4.69, 9.17) is 10.5 Å². The Morgan fingerprint density at radius 1 is 1.35 bits per heavy atom. The van der Waals surface area contributed by atoms with E-state index in [0.717, 1.165) is 18.1 Å². The Labute approximate surface area is 98.6 Å². The maximum atomic E-state index is 12.6. The first-order valence-electron chi connectivity index (χ1n) is 5.35. The van der Waals surface area contributed by atoms with Gasteiger partial charge in [0.1, 0.15) is 5.75 Å². The van der Waals surface area contributed by atoms with E-state index < -0.39 is 11.7 Å². The van der Waals surface area contributed by atoms with Crippen molar-refractivity contribution in [3.63, 3.8) is 0 Å². The zero-order chi connectivity index (χ0) is 13.1. The number of hydrogen-bond donors (Lipinski definition) is 1. The van der Waals surface area contributed by atoms with Crippen LogP contribution in [0.1, 0.15) is 30.4 Å². The van der Waals surface area contributed by atoms with E-state index in [1.807, 2.05) is 6.92 Å². The normalized spacial score (nSPS) is 13.5. The third-order valence-corrected chi connectivity index (χ3v) is 2.70. The molecule has 1 rings (SSSR count). The predicted octanol–water partition coefficient (Wildman–Crippen LogP) is 3.17. The van der Waals surface area contributed by atoms with E-state index in [-0.39, 0.29) is 11.7 Å². The smallest absolute Gasteiger partial charge is 0.419 e. The van der Waals surface area contributed by atoms with Gasteiger partial charge in [-0.05, 0) is 36.6 Å². The van der Waals surface area contributed by atoms with Gasteiger partial charge in [-0.15, -0.1) is 0 Å². The zero-order valence-electron chi connectivity index (χ0n) is 9.84. The first-order valence-corrected chi connectivity index (χ1v) is 5.35. The van der Waals surface area contributed by atoms with Gasteiger partial charge in [-0.25, -0.2) is 0 Å². The average Bonchev–Trinajstić information content (AvgIpc) is 2.27. The molecule has 0 spiro atoms. The quantitative estimate of drug-likeness (QED) is 0.887.